The molecular weight excluding hydrogens is 368 g/mol. The van der Waals surface area contributed by atoms with Gasteiger partial charge in [-0.15, -0.1) is 0 Å². The van der Waals surface area contributed by atoms with Crippen LogP contribution in [0.25, 0.3) is 0 Å². The van der Waals surface area contributed by atoms with Crippen LogP contribution in [0.1, 0.15) is 82.3 Å². The molecule has 1 saturated carbocycles. The number of aromatic nitrogens is 3. The third kappa shape index (κ3) is 4.63. The van der Waals surface area contributed by atoms with Crippen LogP contribution in [-0.4, -0.2) is 75.1 Å². The summed E-state index contributed by atoms with van der Waals surface area (Å²) in [6.07, 6.45) is 8.91. The molecule has 1 unspecified atom stereocenters. The largest absolute Gasteiger partial charge is 0.438 e. The molecule has 8 heteroatoms. The number of carbonyl (C=O) groups excluding carboxylic acids is 1. The molecule has 160 valence electrons. The Bertz CT molecular complexity index is 721. The second-order valence-corrected chi connectivity index (χ2v) is 9.37. The quantitative estimate of drug-likeness (QED) is 0.737. The minimum atomic E-state index is -0.844. The highest BCUT2D eigenvalue weighted by atomic mass is 16.6. The van der Waals surface area contributed by atoms with Crippen LogP contribution in [0.15, 0.2) is 0 Å². The summed E-state index contributed by atoms with van der Waals surface area (Å²) < 4.78 is 5.43. The first-order valence-corrected chi connectivity index (χ1v) is 11.1. The van der Waals surface area contributed by atoms with Crippen LogP contribution < -0.4 is 0 Å². The van der Waals surface area contributed by atoms with Gasteiger partial charge in [-0.1, -0.05) is 6.42 Å². The van der Waals surface area contributed by atoms with Crippen molar-refractivity contribution in [3.8, 4) is 0 Å². The first kappa shape index (κ1) is 20.3. The summed E-state index contributed by atoms with van der Waals surface area (Å²) in [5.41, 5.74) is -0.844. The molecule has 8 nitrogen and oxygen atoms in total. The average Bonchev–Trinajstić information content (AvgIpc) is 3.16. The molecule has 3 heterocycles. The number of ether oxygens (including phenoxy) is 1. The molecule has 1 amide bonds. The molecule has 1 atom stereocenters. The van der Waals surface area contributed by atoms with Crippen molar-refractivity contribution in [3.63, 3.8) is 0 Å². The summed E-state index contributed by atoms with van der Waals surface area (Å²) >= 11 is 0. The SMILES string of the molecule is CC(C)(C=N)OC(=O)N1CCC(N2CCCC(c3n[nH]c(C4CCC4)n3)C2)CC1. The molecule has 0 spiro atoms. The van der Waals surface area contributed by atoms with Crippen LogP contribution in [0, 0.1) is 5.41 Å². The van der Waals surface area contributed by atoms with E-state index in [1.807, 2.05) is 0 Å². The summed E-state index contributed by atoms with van der Waals surface area (Å²) in [4.78, 5) is 21.5. The highest BCUT2D eigenvalue weighted by Gasteiger charge is 2.34. The zero-order valence-corrected chi connectivity index (χ0v) is 17.7. The van der Waals surface area contributed by atoms with Crippen LogP contribution in [0.5, 0.6) is 0 Å². The molecule has 0 aromatic carbocycles. The van der Waals surface area contributed by atoms with Crippen LogP contribution in [0.2, 0.25) is 0 Å². The van der Waals surface area contributed by atoms with Crippen molar-refractivity contribution in [3.05, 3.63) is 11.6 Å². The van der Waals surface area contributed by atoms with E-state index in [1.54, 1.807) is 18.7 Å². The Hall–Kier alpha value is -1.96. The van der Waals surface area contributed by atoms with Crippen LogP contribution in [-0.2, 0) is 4.74 Å². The van der Waals surface area contributed by atoms with E-state index in [0.717, 1.165) is 44.0 Å². The lowest BCUT2D eigenvalue weighted by Gasteiger charge is -2.42. The maximum Gasteiger partial charge on any atom is 0.410 e. The Morgan fingerprint density at radius 1 is 1.14 bits per heavy atom. The summed E-state index contributed by atoms with van der Waals surface area (Å²) in [6, 6.07) is 0.502. The minimum absolute atomic E-state index is 0.308. The van der Waals surface area contributed by atoms with Crippen LogP contribution in [0.3, 0.4) is 0 Å². The van der Waals surface area contributed by atoms with Crippen molar-refractivity contribution in [1.82, 2.24) is 25.0 Å². The van der Waals surface area contributed by atoms with Gasteiger partial charge in [0.15, 0.2) is 5.82 Å². The lowest BCUT2D eigenvalue weighted by Crippen LogP contribution is -2.50. The smallest absolute Gasteiger partial charge is 0.410 e. The van der Waals surface area contributed by atoms with Gasteiger partial charge in [-0.3, -0.25) is 10.00 Å². The van der Waals surface area contributed by atoms with E-state index in [2.05, 4.69) is 15.1 Å². The molecule has 0 radical (unpaired) electrons. The van der Waals surface area contributed by atoms with Gasteiger partial charge in [0.2, 0.25) is 0 Å². The third-order valence-electron chi connectivity index (χ3n) is 6.77. The first-order valence-electron chi connectivity index (χ1n) is 11.1. The number of piperidine rings is 2. The van der Waals surface area contributed by atoms with Gasteiger partial charge in [-0.2, -0.15) is 5.10 Å². The van der Waals surface area contributed by atoms with E-state index < -0.39 is 5.60 Å². The Morgan fingerprint density at radius 2 is 1.86 bits per heavy atom. The first-order chi connectivity index (χ1) is 13.9. The number of H-pyrrole nitrogens is 1. The molecule has 29 heavy (non-hydrogen) atoms. The topological polar surface area (TPSA) is 98.2 Å². The fraction of sp³-hybridized carbons (Fsp3) is 0.810. The van der Waals surface area contributed by atoms with E-state index in [4.69, 9.17) is 15.1 Å². The van der Waals surface area contributed by atoms with Crippen molar-refractivity contribution in [2.24, 2.45) is 0 Å². The van der Waals surface area contributed by atoms with E-state index >= 15 is 0 Å². The Labute approximate surface area is 172 Å². The molecule has 2 saturated heterocycles. The lowest BCUT2D eigenvalue weighted by atomic mass is 9.85. The monoisotopic (exact) mass is 402 g/mol. The number of carbonyl (C=O) groups is 1. The Kier molecular flexibility index (Phi) is 5.90. The molecular formula is C21H34N6O2. The standard InChI is InChI=1S/C21H34N6O2/c1-21(2,14-22)29-20(28)26-11-8-17(9-12-26)27-10-4-7-16(13-27)19-23-18(24-25-19)15-5-3-6-15/h14-17,22H,3-13H2,1-2H3,(H,23,24,25). The molecule has 2 aliphatic heterocycles. The van der Waals surface area contributed by atoms with Gasteiger partial charge < -0.3 is 15.0 Å². The number of likely N-dealkylation sites (tertiary alicyclic amines) is 2. The van der Waals surface area contributed by atoms with Crippen molar-refractivity contribution < 1.29 is 9.53 Å². The maximum absolute atomic E-state index is 12.3. The van der Waals surface area contributed by atoms with Crippen molar-refractivity contribution in [2.45, 2.75) is 82.3 Å². The number of nitrogens with one attached hydrogen (secondary N) is 2. The summed E-state index contributed by atoms with van der Waals surface area (Å²) in [5, 5.41) is 15.1. The zero-order chi connectivity index (χ0) is 20.4. The van der Waals surface area contributed by atoms with E-state index in [0.29, 0.717) is 31.0 Å². The Morgan fingerprint density at radius 3 is 2.52 bits per heavy atom. The van der Waals surface area contributed by atoms with Crippen molar-refractivity contribution >= 4 is 12.3 Å². The molecule has 2 N–H and O–H groups in total. The average molecular weight is 403 g/mol. The fourth-order valence-corrected chi connectivity index (χ4v) is 4.62. The number of amides is 1. The van der Waals surface area contributed by atoms with Gasteiger partial charge in [-0.25, -0.2) is 9.78 Å². The normalized spacial score (nSPS) is 24.9. The molecule has 0 bridgehead atoms. The molecule has 3 fully saturated rings. The number of hydrogen-bond acceptors (Lipinski definition) is 6. The third-order valence-corrected chi connectivity index (χ3v) is 6.77. The molecule has 3 aliphatic rings. The molecule has 4 rings (SSSR count). The van der Waals surface area contributed by atoms with Gasteiger partial charge in [-0.05, 0) is 58.9 Å². The van der Waals surface area contributed by atoms with Crippen LogP contribution >= 0.6 is 0 Å². The summed E-state index contributed by atoms with van der Waals surface area (Å²) in [7, 11) is 0. The zero-order valence-electron chi connectivity index (χ0n) is 17.7. The lowest BCUT2D eigenvalue weighted by molar-refractivity contribution is 0.0335. The van der Waals surface area contributed by atoms with E-state index in [-0.39, 0.29) is 6.09 Å². The van der Waals surface area contributed by atoms with E-state index in [9.17, 15) is 4.79 Å². The van der Waals surface area contributed by atoms with Gasteiger partial charge in [0.05, 0.1) is 0 Å². The predicted octanol–water partition coefficient (Wildman–Crippen LogP) is 3.28. The summed E-state index contributed by atoms with van der Waals surface area (Å²) in [5.74, 6) is 3.08. The van der Waals surface area contributed by atoms with Crippen LogP contribution in [0.4, 0.5) is 4.79 Å². The minimum Gasteiger partial charge on any atom is -0.438 e. The number of rotatable bonds is 5. The highest BCUT2D eigenvalue weighted by molar-refractivity contribution is 5.74. The second-order valence-electron chi connectivity index (χ2n) is 9.37. The molecule has 1 aromatic rings. The van der Waals surface area contributed by atoms with Gasteiger partial charge in [0.25, 0.3) is 0 Å². The molecule has 1 aliphatic carbocycles. The number of hydrogen-bond donors (Lipinski definition) is 2. The van der Waals surface area contributed by atoms with Gasteiger partial charge in [0.1, 0.15) is 11.4 Å². The molecule has 1 aromatic heterocycles. The predicted molar refractivity (Wildman–Crippen MR) is 110 cm³/mol. The van der Waals surface area contributed by atoms with Gasteiger partial charge in [0, 0.05) is 43.7 Å². The summed E-state index contributed by atoms with van der Waals surface area (Å²) in [6.45, 7) is 7.02. The number of aromatic amines is 1. The highest BCUT2D eigenvalue weighted by Crippen LogP contribution is 2.35. The number of nitrogens with zero attached hydrogens (tertiary/aromatic N) is 4. The van der Waals surface area contributed by atoms with Crippen molar-refractivity contribution in [1.29, 1.82) is 5.41 Å². The van der Waals surface area contributed by atoms with Gasteiger partial charge >= 0.3 is 6.09 Å². The Balaban J connectivity index is 1.29. The maximum atomic E-state index is 12.3. The second kappa shape index (κ2) is 8.42. The van der Waals surface area contributed by atoms with E-state index in [1.165, 1.54) is 31.9 Å². The van der Waals surface area contributed by atoms with Crippen molar-refractivity contribution in [2.75, 3.05) is 26.2 Å². The fourth-order valence-electron chi connectivity index (χ4n) is 4.62.